The molecule has 0 bridgehead atoms. The van der Waals surface area contributed by atoms with Gasteiger partial charge in [0.25, 0.3) is 0 Å². The third kappa shape index (κ3) is 2.08. The maximum Gasteiger partial charge on any atom is 0.153 e. The second kappa shape index (κ2) is 4.57. The van der Waals surface area contributed by atoms with Gasteiger partial charge in [-0.15, -0.1) is 0 Å². The SMILES string of the molecule is N=c1c(C=O)cccn1Cc1ccccc1. The highest BCUT2D eigenvalue weighted by Gasteiger charge is 1.98. The van der Waals surface area contributed by atoms with E-state index in [1.807, 2.05) is 36.5 Å². The number of nitrogens with zero attached hydrogens (tertiary/aromatic N) is 1. The maximum atomic E-state index is 10.7. The Bertz CT molecular complexity index is 543. The van der Waals surface area contributed by atoms with Crippen LogP contribution in [0.2, 0.25) is 0 Å². The van der Waals surface area contributed by atoms with Crippen molar-refractivity contribution in [2.45, 2.75) is 6.54 Å². The fraction of sp³-hybridized carbons (Fsp3) is 0.0769. The predicted octanol–water partition coefficient (Wildman–Crippen LogP) is 1.83. The van der Waals surface area contributed by atoms with Crippen LogP contribution in [0.25, 0.3) is 0 Å². The van der Waals surface area contributed by atoms with Crippen molar-refractivity contribution in [2.75, 3.05) is 0 Å². The number of benzene rings is 1. The molecule has 0 amide bonds. The van der Waals surface area contributed by atoms with Gasteiger partial charge in [-0.25, -0.2) is 0 Å². The van der Waals surface area contributed by atoms with Gasteiger partial charge in [0.15, 0.2) is 6.29 Å². The lowest BCUT2D eigenvalue weighted by molar-refractivity contribution is 0.112. The smallest absolute Gasteiger partial charge is 0.153 e. The van der Waals surface area contributed by atoms with Gasteiger partial charge in [-0.1, -0.05) is 30.3 Å². The van der Waals surface area contributed by atoms with Crippen LogP contribution < -0.4 is 5.49 Å². The molecule has 1 aromatic carbocycles. The molecule has 3 nitrogen and oxygen atoms in total. The lowest BCUT2D eigenvalue weighted by atomic mass is 10.2. The standard InChI is InChI=1S/C13H12N2O/c14-13-12(10-16)7-4-8-15(13)9-11-5-2-1-3-6-11/h1-8,10,14H,9H2. The Labute approximate surface area is 93.5 Å². The molecule has 0 aliphatic heterocycles. The first-order valence-electron chi connectivity index (χ1n) is 5.04. The highest BCUT2D eigenvalue weighted by molar-refractivity contribution is 5.73. The topological polar surface area (TPSA) is 45.9 Å². The molecular formula is C13H12N2O. The maximum absolute atomic E-state index is 10.7. The number of rotatable bonds is 3. The summed E-state index contributed by atoms with van der Waals surface area (Å²) >= 11 is 0. The van der Waals surface area contributed by atoms with E-state index in [2.05, 4.69) is 0 Å². The van der Waals surface area contributed by atoms with E-state index in [1.54, 1.807) is 16.7 Å². The van der Waals surface area contributed by atoms with Crippen LogP contribution in [0.4, 0.5) is 0 Å². The molecule has 1 heterocycles. The van der Waals surface area contributed by atoms with Gasteiger partial charge in [-0.3, -0.25) is 10.2 Å². The first-order chi connectivity index (χ1) is 7.81. The molecule has 3 heteroatoms. The Morgan fingerprint density at radius 2 is 1.88 bits per heavy atom. The molecule has 0 fully saturated rings. The second-order valence-electron chi connectivity index (χ2n) is 3.54. The number of hydrogen-bond donors (Lipinski definition) is 1. The Morgan fingerprint density at radius 3 is 2.56 bits per heavy atom. The van der Waals surface area contributed by atoms with Gasteiger partial charge in [0.1, 0.15) is 5.49 Å². The normalized spacial score (nSPS) is 10.0. The van der Waals surface area contributed by atoms with Crippen LogP contribution in [0.5, 0.6) is 0 Å². The zero-order valence-corrected chi connectivity index (χ0v) is 8.76. The van der Waals surface area contributed by atoms with Crippen molar-refractivity contribution >= 4 is 6.29 Å². The van der Waals surface area contributed by atoms with Crippen LogP contribution in [0, 0.1) is 5.41 Å². The zero-order valence-electron chi connectivity index (χ0n) is 8.76. The lowest BCUT2D eigenvalue weighted by Crippen LogP contribution is -2.23. The lowest BCUT2D eigenvalue weighted by Gasteiger charge is -2.07. The molecule has 0 saturated heterocycles. The molecule has 0 saturated carbocycles. The molecule has 2 aromatic rings. The highest BCUT2D eigenvalue weighted by Crippen LogP contribution is 2.00. The third-order valence-electron chi connectivity index (χ3n) is 2.43. The molecule has 0 spiro atoms. The molecule has 0 atom stereocenters. The van der Waals surface area contributed by atoms with Crippen LogP contribution in [0.3, 0.4) is 0 Å². The summed E-state index contributed by atoms with van der Waals surface area (Å²) in [4.78, 5) is 10.7. The Balaban J connectivity index is 2.36. The summed E-state index contributed by atoms with van der Waals surface area (Å²) in [5.41, 5.74) is 1.78. The fourth-order valence-corrected chi connectivity index (χ4v) is 1.58. The molecule has 1 aromatic heterocycles. The second-order valence-corrected chi connectivity index (χ2v) is 3.54. The minimum absolute atomic E-state index is 0.251. The van der Waals surface area contributed by atoms with Crippen molar-refractivity contribution in [3.05, 3.63) is 65.3 Å². The fourth-order valence-electron chi connectivity index (χ4n) is 1.58. The number of nitrogens with one attached hydrogen (secondary N) is 1. The summed E-state index contributed by atoms with van der Waals surface area (Å²) in [6.45, 7) is 0.612. The minimum Gasteiger partial charge on any atom is -0.328 e. The van der Waals surface area contributed by atoms with E-state index in [4.69, 9.17) is 5.41 Å². The van der Waals surface area contributed by atoms with Crippen LogP contribution in [-0.4, -0.2) is 10.9 Å². The average molecular weight is 212 g/mol. The molecule has 1 N–H and O–H groups in total. The van der Waals surface area contributed by atoms with Gasteiger partial charge in [0.05, 0.1) is 5.56 Å². The van der Waals surface area contributed by atoms with Crippen LogP contribution in [0.15, 0.2) is 48.7 Å². The van der Waals surface area contributed by atoms with Crippen molar-refractivity contribution in [1.82, 2.24) is 4.57 Å². The monoisotopic (exact) mass is 212 g/mol. The quantitative estimate of drug-likeness (QED) is 0.775. The van der Waals surface area contributed by atoms with Crippen molar-refractivity contribution < 1.29 is 4.79 Å². The molecular weight excluding hydrogens is 200 g/mol. The van der Waals surface area contributed by atoms with E-state index >= 15 is 0 Å². The summed E-state index contributed by atoms with van der Waals surface area (Å²) in [5.74, 6) is 0. The van der Waals surface area contributed by atoms with E-state index in [0.717, 1.165) is 5.56 Å². The van der Waals surface area contributed by atoms with Crippen LogP contribution >= 0.6 is 0 Å². The average Bonchev–Trinajstić information content (AvgIpc) is 2.33. The zero-order chi connectivity index (χ0) is 11.4. The summed E-state index contributed by atoms with van der Waals surface area (Å²) in [6, 6.07) is 13.3. The summed E-state index contributed by atoms with van der Waals surface area (Å²) in [5, 5.41) is 7.83. The van der Waals surface area contributed by atoms with Crippen molar-refractivity contribution in [3.8, 4) is 0 Å². The third-order valence-corrected chi connectivity index (χ3v) is 2.43. The predicted molar refractivity (Wildman–Crippen MR) is 61.2 cm³/mol. The molecule has 80 valence electrons. The van der Waals surface area contributed by atoms with E-state index < -0.39 is 0 Å². The van der Waals surface area contributed by atoms with Gasteiger partial charge < -0.3 is 4.57 Å². The van der Waals surface area contributed by atoms with E-state index in [0.29, 0.717) is 18.4 Å². The molecule has 0 unspecified atom stereocenters. The van der Waals surface area contributed by atoms with Crippen molar-refractivity contribution in [3.63, 3.8) is 0 Å². The Kier molecular flexibility index (Phi) is 2.96. The summed E-state index contributed by atoms with van der Waals surface area (Å²) < 4.78 is 1.75. The van der Waals surface area contributed by atoms with Gasteiger partial charge in [0, 0.05) is 12.7 Å². The highest BCUT2D eigenvalue weighted by atomic mass is 16.1. The molecule has 16 heavy (non-hydrogen) atoms. The van der Waals surface area contributed by atoms with Crippen molar-refractivity contribution in [2.24, 2.45) is 0 Å². The van der Waals surface area contributed by atoms with Gasteiger partial charge in [0.2, 0.25) is 0 Å². The summed E-state index contributed by atoms with van der Waals surface area (Å²) in [6.07, 6.45) is 2.52. The number of pyridine rings is 1. The Hall–Kier alpha value is -2.16. The first-order valence-corrected chi connectivity index (χ1v) is 5.04. The summed E-state index contributed by atoms with van der Waals surface area (Å²) in [7, 11) is 0. The van der Waals surface area contributed by atoms with Gasteiger partial charge >= 0.3 is 0 Å². The first kappa shape index (κ1) is 10.4. The number of hydrogen-bond acceptors (Lipinski definition) is 2. The minimum atomic E-state index is 0.251. The largest absolute Gasteiger partial charge is 0.328 e. The van der Waals surface area contributed by atoms with E-state index in [9.17, 15) is 4.79 Å². The molecule has 0 aliphatic carbocycles. The number of carbonyl (C=O) groups is 1. The number of carbonyl (C=O) groups excluding carboxylic acids is 1. The van der Waals surface area contributed by atoms with Crippen molar-refractivity contribution in [1.29, 1.82) is 5.41 Å². The van der Waals surface area contributed by atoms with Crippen LogP contribution in [0.1, 0.15) is 15.9 Å². The number of aromatic nitrogens is 1. The Morgan fingerprint density at radius 1 is 1.12 bits per heavy atom. The van der Waals surface area contributed by atoms with Gasteiger partial charge in [-0.2, -0.15) is 0 Å². The number of aldehydes is 1. The van der Waals surface area contributed by atoms with E-state index in [-0.39, 0.29) is 5.49 Å². The molecule has 0 radical (unpaired) electrons. The van der Waals surface area contributed by atoms with Gasteiger partial charge in [-0.05, 0) is 17.7 Å². The molecule has 0 aliphatic rings. The van der Waals surface area contributed by atoms with E-state index in [1.165, 1.54) is 0 Å². The molecule has 2 rings (SSSR count). The van der Waals surface area contributed by atoms with Crippen LogP contribution in [-0.2, 0) is 6.54 Å².